The lowest BCUT2D eigenvalue weighted by Gasteiger charge is -2.10. The number of thioether (sulfide) groups is 1. The van der Waals surface area contributed by atoms with Gasteiger partial charge in [-0.1, -0.05) is 29.4 Å². The van der Waals surface area contributed by atoms with E-state index < -0.39 is 5.25 Å². The van der Waals surface area contributed by atoms with E-state index in [0.717, 1.165) is 0 Å². The van der Waals surface area contributed by atoms with E-state index in [1.54, 1.807) is 49.4 Å². The number of amides is 1. The van der Waals surface area contributed by atoms with Crippen LogP contribution in [0.25, 0.3) is 11.1 Å². The van der Waals surface area contributed by atoms with Gasteiger partial charge in [0.15, 0.2) is 5.58 Å². The normalized spacial score (nSPS) is 11.9. The fourth-order valence-electron chi connectivity index (χ4n) is 2.04. The minimum atomic E-state index is -0.417. The van der Waals surface area contributed by atoms with Gasteiger partial charge in [0.2, 0.25) is 5.91 Å². The number of nitriles is 1. The maximum atomic E-state index is 12.3. The van der Waals surface area contributed by atoms with E-state index in [2.05, 4.69) is 10.3 Å². The summed E-state index contributed by atoms with van der Waals surface area (Å²) < 4.78 is 5.60. The van der Waals surface area contributed by atoms with Crippen LogP contribution < -0.4 is 5.32 Å². The fraction of sp³-hybridized carbons (Fsp3) is 0.118. The maximum Gasteiger partial charge on any atom is 0.257 e. The second kappa shape index (κ2) is 6.95. The fourth-order valence-corrected chi connectivity index (χ4v) is 2.97. The third kappa shape index (κ3) is 3.70. The molecule has 2 aromatic carbocycles. The number of benzene rings is 2. The molecule has 24 heavy (non-hydrogen) atoms. The highest BCUT2D eigenvalue weighted by Gasteiger charge is 2.18. The van der Waals surface area contributed by atoms with E-state index in [0.29, 0.717) is 32.6 Å². The lowest BCUT2D eigenvalue weighted by atomic mass is 10.2. The molecule has 7 heteroatoms. The Kier molecular flexibility index (Phi) is 4.74. The van der Waals surface area contributed by atoms with E-state index in [4.69, 9.17) is 21.3 Å². The number of hydrogen-bond donors (Lipinski definition) is 1. The molecule has 0 radical (unpaired) electrons. The van der Waals surface area contributed by atoms with Crippen molar-refractivity contribution in [1.29, 1.82) is 5.26 Å². The first-order valence-corrected chi connectivity index (χ1v) is 8.35. The standard InChI is InChI=1S/C17H12ClN3O2S/c1-10(16(22)20-13-4-2-3-11(7-13)9-19)24-17-21-14-8-12(18)5-6-15(14)23-17/h2-8,10H,1H3,(H,20,22). The van der Waals surface area contributed by atoms with Crippen molar-refractivity contribution in [2.24, 2.45) is 0 Å². The molecule has 0 bridgehead atoms. The van der Waals surface area contributed by atoms with Gasteiger partial charge in [-0.05, 0) is 43.3 Å². The number of anilines is 1. The monoisotopic (exact) mass is 357 g/mol. The Morgan fingerprint density at radius 2 is 2.21 bits per heavy atom. The van der Waals surface area contributed by atoms with Crippen molar-refractivity contribution in [1.82, 2.24) is 4.98 Å². The summed E-state index contributed by atoms with van der Waals surface area (Å²) in [5.41, 5.74) is 2.34. The van der Waals surface area contributed by atoms with Crippen molar-refractivity contribution in [2.75, 3.05) is 5.32 Å². The van der Waals surface area contributed by atoms with E-state index in [1.807, 2.05) is 6.07 Å². The van der Waals surface area contributed by atoms with Crippen molar-refractivity contribution < 1.29 is 9.21 Å². The van der Waals surface area contributed by atoms with Crippen LogP contribution in [0.1, 0.15) is 12.5 Å². The number of oxazole rings is 1. The number of carbonyl (C=O) groups excluding carboxylic acids is 1. The second-order valence-corrected chi connectivity index (χ2v) is 6.76. The van der Waals surface area contributed by atoms with Gasteiger partial charge in [-0.15, -0.1) is 0 Å². The largest absolute Gasteiger partial charge is 0.431 e. The molecule has 0 saturated carbocycles. The Labute approximate surface area is 147 Å². The number of nitrogens with one attached hydrogen (secondary N) is 1. The average molecular weight is 358 g/mol. The summed E-state index contributed by atoms with van der Waals surface area (Å²) >= 11 is 7.14. The summed E-state index contributed by atoms with van der Waals surface area (Å²) in [6, 6.07) is 14.0. The molecule has 1 heterocycles. The van der Waals surface area contributed by atoms with Gasteiger partial charge in [0.05, 0.1) is 16.9 Å². The number of carbonyl (C=O) groups is 1. The van der Waals surface area contributed by atoms with Crippen LogP contribution in [0.2, 0.25) is 5.02 Å². The van der Waals surface area contributed by atoms with Crippen molar-refractivity contribution in [3.05, 3.63) is 53.1 Å². The summed E-state index contributed by atoms with van der Waals surface area (Å²) in [6.45, 7) is 1.76. The van der Waals surface area contributed by atoms with Crippen LogP contribution in [0.4, 0.5) is 5.69 Å². The van der Waals surface area contributed by atoms with Gasteiger partial charge in [0.25, 0.3) is 5.22 Å². The molecule has 1 unspecified atom stereocenters. The van der Waals surface area contributed by atoms with Crippen LogP contribution in [-0.4, -0.2) is 16.1 Å². The van der Waals surface area contributed by atoms with Gasteiger partial charge < -0.3 is 9.73 Å². The lowest BCUT2D eigenvalue weighted by molar-refractivity contribution is -0.115. The van der Waals surface area contributed by atoms with Crippen LogP contribution in [0.5, 0.6) is 0 Å². The Balaban J connectivity index is 1.69. The average Bonchev–Trinajstić information content (AvgIpc) is 2.96. The minimum absolute atomic E-state index is 0.199. The Morgan fingerprint density at radius 3 is 3.00 bits per heavy atom. The number of aromatic nitrogens is 1. The summed E-state index contributed by atoms with van der Waals surface area (Å²) in [5, 5.41) is 12.2. The number of rotatable bonds is 4. The first-order chi connectivity index (χ1) is 11.5. The highest BCUT2D eigenvalue weighted by atomic mass is 35.5. The molecule has 1 atom stereocenters. The maximum absolute atomic E-state index is 12.3. The highest BCUT2D eigenvalue weighted by Crippen LogP contribution is 2.28. The van der Waals surface area contributed by atoms with E-state index in [9.17, 15) is 4.79 Å². The van der Waals surface area contributed by atoms with Crippen molar-refractivity contribution in [2.45, 2.75) is 17.4 Å². The van der Waals surface area contributed by atoms with Crippen molar-refractivity contribution in [3.63, 3.8) is 0 Å². The molecule has 3 rings (SSSR count). The molecule has 0 spiro atoms. The lowest BCUT2D eigenvalue weighted by Crippen LogP contribution is -2.22. The van der Waals surface area contributed by atoms with Crippen LogP contribution in [0, 0.1) is 11.3 Å². The molecule has 0 aliphatic heterocycles. The van der Waals surface area contributed by atoms with Crippen molar-refractivity contribution >= 4 is 46.1 Å². The van der Waals surface area contributed by atoms with Gasteiger partial charge in [-0.25, -0.2) is 4.98 Å². The van der Waals surface area contributed by atoms with Crippen LogP contribution in [0.15, 0.2) is 52.1 Å². The van der Waals surface area contributed by atoms with Gasteiger partial charge in [-0.2, -0.15) is 5.26 Å². The van der Waals surface area contributed by atoms with E-state index >= 15 is 0 Å². The summed E-state index contributed by atoms with van der Waals surface area (Å²) in [7, 11) is 0. The van der Waals surface area contributed by atoms with Gasteiger partial charge in [-0.3, -0.25) is 4.79 Å². The molecule has 3 aromatic rings. The van der Waals surface area contributed by atoms with E-state index in [-0.39, 0.29) is 5.91 Å². The zero-order chi connectivity index (χ0) is 17.1. The summed E-state index contributed by atoms with van der Waals surface area (Å²) in [5.74, 6) is -0.199. The molecular weight excluding hydrogens is 346 g/mol. The molecule has 1 N–H and O–H groups in total. The highest BCUT2D eigenvalue weighted by molar-refractivity contribution is 8.00. The van der Waals surface area contributed by atoms with Crippen molar-refractivity contribution in [3.8, 4) is 6.07 Å². The number of halogens is 1. The third-order valence-electron chi connectivity index (χ3n) is 3.24. The Hall–Kier alpha value is -2.49. The predicted octanol–water partition coefficient (Wildman–Crippen LogP) is 4.47. The molecule has 5 nitrogen and oxygen atoms in total. The third-order valence-corrected chi connectivity index (χ3v) is 4.42. The molecule has 0 aliphatic rings. The van der Waals surface area contributed by atoms with E-state index in [1.165, 1.54) is 11.8 Å². The molecule has 0 fully saturated rings. The molecule has 120 valence electrons. The molecule has 1 aromatic heterocycles. The quantitative estimate of drug-likeness (QED) is 0.697. The topological polar surface area (TPSA) is 78.9 Å². The van der Waals surface area contributed by atoms with Gasteiger partial charge in [0.1, 0.15) is 5.52 Å². The van der Waals surface area contributed by atoms with Gasteiger partial charge >= 0.3 is 0 Å². The summed E-state index contributed by atoms with van der Waals surface area (Å²) in [6.07, 6.45) is 0. The molecule has 1 amide bonds. The Bertz CT molecular complexity index is 948. The SMILES string of the molecule is CC(Sc1nc2cc(Cl)ccc2o1)C(=O)Nc1cccc(C#N)c1. The first kappa shape index (κ1) is 16.4. The van der Waals surface area contributed by atoms with Crippen LogP contribution in [-0.2, 0) is 4.79 Å². The summed E-state index contributed by atoms with van der Waals surface area (Å²) in [4.78, 5) is 16.6. The molecule has 0 saturated heterocycles. The van der Waals surface area contributed by atoms with Crippen LogP contribution >= 0.6 is 23.4 Å². The predicted molar refractivity (Wildman–Crippen MR) is 94.1 cm³/mol. The molecular formula is C17H12ClN3O2S. The first-order valence-electron chi connectivity index (χ1n) is 7.09. The second-order valence-electron chi connectivity index (χ2n) is 5.03. The van der Waals surface area contributed by atoms with Crippen LogP contribution in [0.3, 0.4) is 0 Å². The number of fused-ring (bicyclic) bond motifs is 1. The number of hydrogen-bond acceptors (Lipinski definition) is 5. The smallest absolute Gasteiger partial charge is 0.257 e. The zero-order valence-corrected chi connectivity index (χ0v) is 14.2. The van der Waals surface area contributed by atoms with Gasteiger partial charge in [0, 0.05) is 10.7 Å². The molecule has 0 aliphatic carbocycles. The zero-order valence-electron chi connectivity index (χ0n) is 12.6. The number of nitrogens with zero attached hydrogens (tertiary/aromatic N) is 2. The minimum Gasteiger partial charge on any atom is -0.431 e. The Morgan fingerprint density at radius 1 is 1.38 bits per heavy atom.